The van der Waals surface area contributed by atoms with Gasteiger partial charge in [0.2, 0.25) is 0 Å². The first-order valence-electron chi connectivity index (χ1n) is 7.33. The second-order valence-corrected chi connectivity index (χ2v) is 6.65. The highest BCUT2D eigenvalue weighted by molar-refractivity contribution is 7.10. The molecule has 3 nitrogen and oxygen atoms in total. The Labute approximate surface area is 124 Å². The van der Waals surface area contributed by atoms with E-state index < -0.39 is 0 Å². The van der Waals surface area contributed by atoms with Crippen LogP contribution in [-0.2, 0) is 5.41 Å². The highest BCUT2D eigenvalue weighted by atomic mass is 32.1. The molecule has 0 saturated heterocycles. The van der Waals surface area contributed by atoms with Gasteiger partial charge in [-0.25, -0.2) is 0 Å². The molecule has 106 valence electrons. The van der Waals surface area contributed by atoms with E-state index in [1.165, 1.54) is 30.6 Å². The predicted molar refractivity (Wildman–Crippen MR) is 82.9 cm³/mol. The van der Waals surface area contributed by atoms with E-state index in [2.05, 4.69) is 39.7 Å². The molecule has 3 rings (SSSR count). The molecule has 0 bridgehead atoms. The van der Waals surface area contributed by atoms with Gasteiger partial charge in [0.25, 0.3) is 0 Å². The van der Waals surface area contributed by atoms with Gasteiger partial charge in [-0.3, -0.25) is 9.97 Å². The predicted octanol–water partition coefficient (Wildman–Crippen LogP) is 3.70. The molecule has 1 saturated carbocycles. The molecule has 0 aromatic carbocycles. The molecule has 1 fully saturated rings. The molecular weight excluding hydrogens is 266 g/mol. The van der Waals surface area contributed by atoms with Gasteiger partial charge in [0, 0.05) is 41.5 Å². The summed E-state index contributed by atoms with van der Waals surface area (Å²) in [6, 6.07) is 4.72. The van der Waals surface area contributed by atoms with E-state index in [9.17, 15) is 0 Å². The Bertz CT molecular complexity index is 518. The van der Waals surface area contributed by atoms with E-state index in [-0.39, 0.29) is 6.04 Å². The van der Waals surface area contributed by atoms with Crippen LogP contribution >= 0.6 is 11.3 Å². The lowest BCUT2D eigenvalue weighted by molar-refractivity contribution is 0.386. The van der Waals surface area contributed by atoms with Crippen molar-refractivity contribution in [3.8, 4) is 0 Å². The highest BCUT2D eigenvalue weighted by Crippen LogP contribution is 2.42. The fraction of sp³-hybridized carbons (Fsp3) is 0.500. The number of aromatic nitrogens is 2. The third-order valence-corrected chi connectivity index (χ3v) is 5.49. The van der Waals surface area contributed by atoms with Crippen LogP contribution in [-0.4, -0.2) is 16.5 Å². The Kier molecular flexibility index (Phi) is 4.13. The lowest BCUT2D eigenvalue weighted by Gasteiger charge is -2.30. The van der Waals surface area contributed by atoms with Gasteiger partial charge in [0.05, 0.1) is 5.69 Å². The van der Waals surface area contributed by atoms with E-state index in [0.717, 1.165) is 12.2 Å². The molecule has 2 aromatic heterocycles. The third kappa shape index (κ3) is 2.76. The molecule has 20 heavy (non-hydrogen) atoms. The zero-order valence-electron chi connectivity index (χ0n) is 11.9. The minimum Gasteiger partial charge on any atom is -0.308 e. The van der Waals surface area contributed by atoms with Gasteiger partial charge < -0.3 is 5.32 Å². The SMILES string of the molecule is C[C@@H](NCC1(c2cccs2)CCCC1)c1cnccn1. The van der Waals surface area contributed by atoms with Crippen LogP contribution in [0.15, 0.2) is 36.1 Å². The van der Waals surface area contributed by atoms with Gasteiger partial charge in [0.15, 0.2) is 0 Å². The van der Waals surface area contributed by atoms with Crippen molar-refractivity contribution in [1.29, 1.82) is 0 Å². The van der Waals surface area contributed by atoms with Crippen LogP contribution in [0.4, 0.5) is 0 Å². The van der Waals surface area contributed by atoms with Crippen LogP contribution in [0.25, 0.3) is 0 Å². The van der Waals surface area contributed by atoms with Crippen molar-refractivity contribution in [2.75, 3.05) is 6.54 Å². The number of rotatable bonds is 5. The Morgan fingerprint density at radius 1 is 1.35 bits per heavy atom. The third-order valence-electron chi connectivity index (χ3n) is 4.38. The minimum atomic E-state index is 0.251. The Morgan fingerprint density at radius 3 is 2.85 bits per heavy atom. The largest absolute Gasteiger partial charge is 0.308 e. The maximum absolute atomic E-state index is 4.39. The molecule has 1 aliphatic rings. The lowest BCUT2D eigenvalue weighted by Crippen LogP contribution is -2.36. The number of thiophene rings is 1. The molecule has 0 radical (unpaired) electrons. The van der Waals surface area contributed by atoms with Crippen molar-refractivity contribution in [1.82, 2.24) is 15.3 Å². The summed E-state index contributed by atoms with van der Waals surface area (Å²) < 4.78 is 0. The molecule has 2 heterocycles. The second kappa shape index (κ2) is 6.02. The standard InChI is InChI=1S/C16H21N3S/c1-13(14-11-17-8-9-18-14)19-12-16(6-2-3-7-16)15-5-4-10-20-15/h4-5,8-11,13,19H,2-3,6-7,12H2,1H3/t13-/m1/s1. The summed E-state index contributed by atoms with van der Waals surface area (Å²) in [5.41, 5.74) is 1.36. The van der Waals surface area contributed by atoms with E-state index in [4.69, 9.17) is 0 Å². The molecule has 2 aromatic rings. The highest BCUT2D eigenvalue weighted by Gasteiger charge is 2.36. The summed E-state index contributed by atoms with van der Waals surface area (Å²) in [4.78, 5) is 10.1. The van der Waals surface area contributed by atoms with Crippen molar-refractivity contribution < 1.29 is 0 Å². The van der Waals surface area contributed by atoms with E-state index in [0.29, 0.717) is 5.41 Å². The normalized spacial score (nSPS) is 19.1. The zero-order valence-corrected chi connectivity index (χ0v) is 12.7. The molecule has 1 aliphatic carbocycles. The van der Waals surface area contributed by atoms with Crippen molar-refractivity contribution >= 4 is 11.3 Å². The molecule has 1 atom stereocenters. The first-order chi connectivity index (χ1) is 9.80. The van der Waals surface area contributed by atoms with Gasteiger partial charge in [-0.05, 0) is 31.2 Å². The summed E-state index contributed by atoms with van der Waals surface area (Å²) in [5, 5.41) is 5.87. The molecule has 0 spiro atoms. The lowest BCUT2D eigenvalue weighted by atomic mass is 9.84. The quantitative estimate of drug-likeness (QED) is 0.911. The maximum Gasteiger partial charge on any atom is 0.0753 e. The Balaban J connectivity index is 1.69. The van der Waals surface area contributed by atoms with Crippen molar-refractivity contribution in [3.05, 3.63) is 46.7 Å². The van der Waals surface area contributed by atoms with E-state index >= 15 is 0 Å². The molecule has 0 aliphatic heterocycles. The van der Waals surface area contributed by atoms with Crippen molar-refractivity contribution in [2.24, 2.45) is 0 Å². The van der Waals surface area contributed by atoms with Gasteiger partial charge in [-0.15, -0.1) is 11.3 Å². The molecular formula is C16H21N3S. The maximum atomic E-state index is 4.39. The van der Waals surface area contributed by atoms with Crippen LogP contribution in [0.3, 0.4) is 0 Å². The summed E-state index contributed by atoms with van der Waals surface area (Å²) in [7, 11) is 0. The first-order valence-corrected chi connectivity index (χ1v) is 8.21. The van der Waals surface area contributed by atoms with Crippen LogP contribution in [0.1, 0.15) is 49.2 Å². The summed E-state index contributed by atoms with van der Waals surface area (Å²) in [5.74, 6) is 0. The molecule has 4 heteroatoms. The Hall–Kier alpha value is -1.26. The van der Waals surface area contributed by atoms with Gasteiger partial charge in [-0.2, -0.15) is 0 Å². The summed E-state index contributed by atoms with van der Waals surface area (Å²) in [6.45, 7) is 3.20. The van der Waals surface area contributed by atoms with Crippen LogP contribution in [0, 0.1) is 0 Å². The molecule has 0 amide bonds. The van der Waals surface area contributed by atoms with E-state index in [1.54, 1.807) is 12.4 Å². The summed E-state index contributed by atoms with van der Waals surface area (Å²) >= 11 is 1.90. The first kappa shape index (κ1) is 13.7. The van der Waals surface area contributed by atoms with Gasteiger partial charge in [-0.1, -0.05) is 18.9 Å². The van der Waals surface area contributed by atoms with Crippen LogP contribution < -0.4 is 5.32 Å². The Morgan fingerprint density at radius 2 is 2.20 bits per heavy atom. The van der Waals surface area contributed by atoms with Crippen molar-refractivity contribution in [3.63, 3.8) is 0 Å². The topological polar surface area (TPSA) is 37.8 Å². The van der Waals surface area contributed by atoms with Gasteiger partial charge >= 0.3 is 0 Å². The zero-order chi connectivity index (χ0) is 13.8. The number of hydrogen-bond acceptors (Lipinski definition) is 4. The molecule has 1 N–H and O–H groups in total. The smallest absolute Gasteiger partial charge is 0.0753 e. The number of nitrogens with zero attached hydrogens (tertiary/aromatic N) is 2. The van der Waals surface area contributed by atoms with Crippen LogP contribution in [0.5, 0.6) is 0 Å². The average molecular weight is 287 g/mol. The number of nitrogens with one attached hydrogen (secondary N) is 1. The van der Waals surface area contributed by atoms with Crippen molar-refractivity contribution in [2.45, 2.75) is 44.1 Å². The van der Waals surface area contributed by atoms with Crippen LogP contribution in [0.2, 0.25) is 0 Å². The fourth-order valence-electron chi connectivity index (χ4n) is 3.13. The number of hydrogen-bond donors (Lipinski definition) is 1. The van der Waals surface area contributed by atoms with E-state index in [1.807, 2.05) is 17.5 Å². The van der Waals surface area contributed by atoms with Gasteiger partial charge in [0.1, 0.15) is 0 Å². The summed E-state index contributed by atoms with van der Waals surface area (Å²) in [6.07, 6.45) is 10.6. The fourth-order valence-corrected chi connectivity index (χ4v) is 4.12. The monoisotopic (exact) mass is 287 g/mol. The minimum absolute atomic E-state index is 0.251. The average Bonchev–Trinajstić information content (AvgIpc) is 3.17. The molecule has 0 unspecified atom stereocenters. The second-order valence-electron chi connectivity index (χ2n) is 5.70.